The van der Waals surface area contributed by atoms with E-state index in [1.807, 2.05) is 10.0 Å². The maximum atomic E-state index is 12.6. The van der Waals surface area contributed by atoms with E-state index in [0.29, 0.717) is 0 Å². The van der Waals surface area contributed by atoms with Crippen LogP contribution in [0.1, 0.15) is 0 Å². The number of hydrogen-bond donors (Lipinski definition) is 3. The number of benzene rings is 1. The molecule has 0 aliphatic rings. The van der Waals surface area contributed by atoms with Crippen molar-refractivity contribution in [2.45, 2.75) is 4.90 Å². The van der Waals surface area contributed by atoms with Gasteiger partial charge in [-0.1, -0.05) is 0 Å². The monoisotopic (exact) mass is 290 g/mol. The normalized spacial score (nSPS) is 11.0. The lowest BCUT2D eigenvalue weighted by Crippen LogP contribution is -2.38. The fourth-order valence-electron chi connectivity index (χ4n) is 1.09. The predicted molar refractivity (Wildman–Crippen MR) is 62.2 cm³/mol. The van der Waals surface area contributed by atoms with Gasteiger partial charge in [-0.15, -0.1) is 0 Å². The van der Waals surface area contributed by atoms with Crippen LogP contribution in [0.25, 0.3) is 0 Å². The third-order valence-corrected chi connectivity index (χ3v) is 3.40. The number of hydrogen-bond acceptors (Lipinski definition) is 4. The summed E-state index contributed by atoms with van der Waals surface area (Å²) in [6, 6.07) is 4.04. The maximum absolute atomic E-state index is 12.6. The van der Waals surface area contributed by atoms with E-state index in [1.54, 1.807) is 0 Å². The van der Waals surface area contributed by atoms with Gasteiger partial charge < -0.3 is 10.4 Å². The fraction of sp³-hybridized carbons (Fsp3) is 0.200. The maximum Gasteiger partial charge on any atom is 0.322 e. The van der Waals surface area contributed by atoms with E-state index in [4.69, 9.17) is 5.11 Å². The molecule has 9 heteroatoms. The molecule has 7 nitrogen and oxygen atoms in total. The molecule has 0 saturated heterocycles. The van der Waals surface area contributed by atoms with Crippen LogP contribution in [-0.2, 0) is 19.6 Å². The highest BCUT2D eigenvalue weighted by molar-refractivity contribution is 7.89. The van der Waals surface area contributed by atoms with E-state index in [9.17, 15) is 22.4 Å². The lowest BCUT2D eigenvalue weighted by Gasteiger charge is -2.06. The Hall–Kier alpha value is -2.00. The Kier molecular flexibility index (Phi) is 4.95. The molecule has 0 spiro atoms. The molecule has 0 heterocycles. The molecule has 3 N–H and O–H groups in total. The van der Waals surface area contributed by atoms with Gasteiger partial charge in [0.15, 0.2) is 0 Å². The fourth-order valence-corrected chi connectivity index (χ4v) is 2.08. The van der Waals surface area contributed by atoms with Crippen LogP contribution in [0.3, 0.4) is 0 Å². The van der Waals surface area contributed by atoms with Gasteiger partial charge in [-0.05, 0) is 24.3 Å². The van der Waals surface area contributed by atoms with Crippen LogP contribution in [0.5, 0.6) is 0 Å². The molecule has 0 aromatic heterocycles. The SMILES string of the molecule is O=C(O)CNC(=O)CNS(=O)(=O)c1ccc(F)cc1. The molecular weight excluding hydrogens is 279 g/mol. The second-order valence-electron chi connectivity index (χ2n) is 3.45. The highest BCUT2D eigenvalue weighted by Crippen LogP contribution is 2.08. The van der Waals surface area contributed by atoms with Crippen LogP contribution >= 0.6 is 0 Å². The summed E-state index contributed by atoms with van der Waals surface area (Å²) in [7, 11) is -3.94. The number of aliphatic carboxylic acids is 1. The molecule has 1 aromatic carbocycles. The van der Waals surface area contributed by atoms with Crippen LogP contribution < -0.4 is 10.0 Å². The highest BCUT2D eigenvalue weighted by atomic mass is 32.2. The van der Waals surface area contributed by atoms with E-state index in [2.05, 4.69) is 0 Å². The molecule has 0 radical (unpaired) electrons. The summed E-state index contributed by atoms with van der Waals surface area (Å²) in [6.45, 7) is -1.20. The van der Waals surface area contributed by atoms with Crippen LogP contribution in [0, 0.1) is 5.82 Å². The molecule has 1 amide bonds. The number of carbonyl (C=O) groups is 2. The number of carboxylic acid groups (broad SMARTS) is 1. The second-order valence-corrected chi connectivity index (χ2v) is 5.22. The van der Waals surface area contributed by atoms with Gasteiger partial charge in [0.2, 0.25) is 15.9 Å². The number of amides is 1. The van der Waals surface area contributed by atoms with Crippen molar-refractivity contribution in [2.75, 3.05) is 13.1 Å². The van der Waals surface area contributed by atoms with Crippen LogP contribution in [0.4, 0.5) is 4.39 Å². The molecule has 1 aromatic rings. The van der Waals surface area contributed by atoms with Crippen molar-refractivity contribution in [1.82, 2.24) is 10.0 Å². The van der Waals surface area contributed by atoms with Crippen molar-refractivity contribution < 1.29 is 27.5 Å². The third kappa shape index (κ3) is 5.02. The first-order chi connectivity index (χ1) is 8.81. The third-order valence-electron chi connectivity index (χ3n) is 1.98. The van der Waals surface area contributed by atoms with E-state index < -0.39 is 40.8 Å². The summed E-state index contributed by atoms with van der Waals surface area (Å²) in [5, 5.41) is 10.3. The molecule has 19 heavy (non-hydrogen) atoms. The van der Waals surface area contributed by atoms with Crippen molar-refractivity contribution in [3.05, 3.63) is 30.1 Å². The topological polar surface area (TPSA) is 113 Å². The van der Waals surface area contributed by atoms with E-state index in [1.165, 1.54) is 0 Å². The highest BCUT2D eigenvalue weighted by Gasteiger charge is 2.15. The minimum absolute atomic E-state index is 0.195. The number of halogens is 1. The summed E-state index contributed by atoms with van der Waals surface area (Å²) in [6.07, 6.45) is 0. The summed E-state index contributed by atoms with van der Waals surface area (Å²) < 4.78 is 37.9. The average molecular weight is 290 g/mol. The average Bonchev–Trinajstić information content (AvgIpc) is 2.34. The molecule has 1 rings (SSSR count). The lowest BCUT2D eigenvalue weighted by atomic mass is 10.4. The molecular formula is C10H11FN2O5S. The zero-order chi connectivity index (χ0) is 14.5. The van der Waals surface area contributed by atoms with Crippen molar-refractivity contribution in [3.8, 4) is 0 Å². The smallest absolute Gasteiger partial charge is 0.322 e. The van der Waals surface area contributed by atoms with Gasteiger partial charge in [0, 0.05) is 0 Å². The Bertz CT molecular complexity index is 570. The molecule has 0 aliphatic carbocycles. The van der Waals surface area contributed by atoms with E-state index in [0.717, 1.165) is 24.3 Å². The molecule has 0 atom stereocenters. The predicted octanol–water partition coefficient (Wildman–Crippen LogP) is -0.695. The first-order valence-corrected chi connectivity index (χ1v) is 6.53. The summed E-state index contributed by atoms with van der Waals surface area (Å²) >= 11 is 0. The van der Waals surface area contributed by atoms with Crippen molar-refractivity contribution >= 4 is 21.9 Å². The number of rotatable bonds is 6. The Labute approximate surface area is 108 Å². The van der Waals surface area contributed by atoms with Crippen LogP contribution in [0.15, 0.2) is 29.2 Å². The number of carboxylic acids is 1. The van der Waals surface area contributed by atoms with Crippen LogP contribution in [-0.4, -0.2) is 38.5 Å². The van der Waals surface area contributed by atoms with Gasteiger partial charge in [-0.3, -0.25) is 9.59 Å². The van der Waals surface area contributed by atoms with E-state index in [-0.39, 0.29) is 4.90 Å². The Morgan fingerprint density at radius 2 is 1.74 bits per heavy atom. The molecule has 104 valence electrons. The van der Waals surface area contributed by atoms with E-state index >= 15 is 0 Å². The molecule has 0 aliphatic heterocycles. The van der Waals surface area contributed by atoms with Crippen molar-refractivity contribution in [2.24, 2.45) is 0 Å². The summed E-state index contributed by atoms with van der Waals surface area (Å²) in [5.74, 6) is -2.61. The summed E-state index contributed by atoms with van der Waals surface area (Å²) in [5.41, 5.74) is 0. The first kappa shape index (κ1) is 15.1. The van der Waals surface area contributed by atoms with Gasteiger partial charge in [0.1, 0.15) is 12.4 Å². The van der Waals surface area contributed by atoms with Crippen molar-refractivity contribution in [3.63, 3.8) is 0 Å². The zero-order valence-corrected chi connectivity index (χ0v) is 10.4. The number of sulfonamides is 1. The molecule has 0 fully saturated rings. The van der Waals surface area contributed by atoms with Gasteiger partial charge in [-0.2, -0.15) is 0 Å². The molecule has 0 bridgehead atoms. The van der Waals surface area contributed by atoms with Gasteiger partial charge >= 0.3 is 5.97 Å². The van der Waals surface area contributed by atoms with Crippen LogP contribution in [0.2, 0.25) is 0 Å². The quantitative estimate of drug-likeness (QED) is 0.641. The number of carbonyl (C=O) groups excluding carboxylic acids is 1. The zero-order valence-electron chi connectivity index (χ0n) is 9.59. The van der Waals surface area contributed by atoms with Crippen molar-refractivity contribution in [1.29, 1.82) is 0 Å². The standard InChI is InChI=1S/C10H11FN2O5S/c11-7-1-3-8(4-2-7)19(17,18)13-5-9(14)12-6-10(15)16/h1-4,13H,5-6H2,(H,12,14)(H,15,16). The second kappa shape index (κ2) is 6.25. The summed E-state index contributed by atoms with van der Waals surface area (Å²) in [4.78, 5) is 21.1. The minimum atomic E-state index is -3.94. The Morgan fingerprint density at radius 1 is 1.16 bits per heavy atom. The van der Waals surface area contributed by atoms with Gasteiger partial charge in [-0.25, -0.2) is 17.5 Å². The molecule has 0 unspecified atom stereocenters. The lowest BCUT2D eigenvalue weighted by molar-refractivity contribution is -0.137. The van der Waals surface area contributed by atoms with Gasteiger partial charge in [0.05, 0.1) is 11.4 Å². The minimum Gasteiger partial charge on any atom is -0.480 e. The Morgan fingerprint density at radius 3 is 2.26 bits per heavy atom. The molecule has 0 saturated carbocycles. The number of nitrogens with one attached hydrogen (secondary N) is 2. The largest absolute Gasteiger partial charge is 0.480 e. The Balaban J connectivity index is 2.58. The first-order valence-electron chi connectivity index (χ1n) is 5.05. The van der Waals surface area contributed by atoms with Gasteiger partial charge in [0.25, 0.3) is 0 Å².